The highest BCUT2D eigenvalue weighted by molar-refractivity contribution is 7.98. The molecule has 1 amide bonds. The number of carbonyl (C=O) groups is 1. The molecule has 4 nitrogen and oxygen atoms in total. The molecule has 2 aromatic rings. The van der Waals surface area contributed by atoms with Crippen molar-refractivity contribution >= 4 is 23.9 Å². The van der Waals surface area contributed by atoms with Gasteiger partial charge in [0.15, 0.2) is 0 Å². The molecule has 0 aliphatic rings. The van der Waals surface area contributed by atoms with Crippen LogP contribution in [0.15, 0.2) is 53.9 Å². The van der Waals surface area contributed by atoms with Gasteiger partial charge < -0.3 is 14.4 Å². The second-order valence-electron chi connectivity index (χ2n) is 5.77. The van der Waals surface area contributed by atoms with Gasteiger partial charge in [0, 0.05) is 19.0 Å². The van der Waals surface area contributed by atoms with E-state index < -0.39 is 6.09 Å². The largest absolute Gasteiger partial charge is 0.494 e. The van der Waals surface area contributed by atoms with Crippen LogP contribution in [0.4, 0.5) is 4.79 Å². The molecule has 0 aliphatic carbocycles. The highest BCUT2D eigenvalue weighted by Gasteiger charge is 2.09. The van der Waals surface area contributed by atoms with Gasteiger partial charge in [-0.2, -0.15) is 0 Å². The molecule has 5 heteroatoms. The van der Waals surface area contributed by atoms with Gasteiger partial charge in [0.25, 0.3) is 0 Å². The van der Waals surface area contributed by atoms with Crippen LogP contribution < -0.4 is 9.47 Å². The fourth-order valence-electron chi connectivity index (χ4n) is 2.23. The van der Waals surface area contributed by atoms with Gasteiger partial charge >= 0.3 is 6.09 Å². The molecule has 0 saturated heterocycles. The first-order valence-corrected chi connectivity index (χ1v) is 9.51. The molecular weight excluding hydrogens is 346 g/mol. The minimum atomic E-state index is -0.405. The standard InChI is InChI=1S/C21H24NO3S/c1-5-16-15-19(25-21(23)22(2)3)9-8-17(16)7-6-14-24-18-10-12-20(26-4)13-11-18/h5,7-13,15H,1,6,14H2,2-4H3. The zero-order valence-electron chi connectivity index (χ0n) is 15.4. The average Bonchev–Trinajstić information content (AvgIpc) is 2.66. The molecule has 2 rings (SSSR count). The second kappa shape index (κ2) is 9.92. The summed E-state index contributed by atoms with van der Waals surface area (Å²) >= 11 is 1.71. The fourth-order valence-corrected chi connectivity index (χ4v) is 2.64. The Morgan fingerprint density at radius 2 is 1.81 bits per heavy atom. The number of hydrogen-bond donors (Lipinski definition) is 0. The highest BCUT2D eigenvalue weighted by atomic mass is 32.2. The Balaban J connectivity index is 1.88. The van der Waals surface area contributed by atoms with Gasteiger partial charge in [-0.25, -0.2) is 4.79 Å². The monoisotopic (exact) mass is 370 g/mol. The molecule has 0 spiro atoms. The van der Waals surface area contributed by atoms with E-state index in [-0.39, 0.29) is 0 Å². The van der Waals surface area contributed by atoms with E-state index in [1.807, 2.05) is 36.4 Å². The topological polar surface area (TPSA) is 38.8 Å². The summed E-state index contributed by atoms with van der Waals surface area (Å²) < 4.78 is 11.0. The first-order valence-electron chi connectivity index (χ1n) is 8.29. The van der Waals surface area contributed by atoms with Crippen LogP contribution in [0.5, 0.6) is 11.5 Å². The van der Waals surface area contributed by atoms with Gasteiger partial charge in [-0.15, -0.1) is 11.8 Å². The third-order valence-electron chi connectivity index (χ3n) is 3.66. The lowest BCUT2D eigenvalue weighted by molar-refractivity contribution is 0.172. The van der Waals surface area contributed by atoms with Crippen LogP contribution in [-0.2, 0) is 0 Å². The van der Waals surface area contributed by atoms with E-state index in [1.54, 1.807) is 38.0 Å². The molecular formula is C21H24NO3S. The van der Waals surface area contributed by atoms with Crippen molar-refractivity contribution in [1.82, 2.24) is 4.90 Å². The lowest BCUT2D eigenvalue weighted by atomic mass is 10.0. The van der Waals surface area contributed by atoms with Crippen molar-refractivity contribution in [2.45, 2.75) is 11.3 Å². The van der Waals surface area contributed by atoms with Crippen LogP contribution in [0, 0.1) is 6.42 Å². The summed E-state index contributed by atoms with van der Waals surface area (Å²) in [6.07, 6.45) is 6.25. The van der Waals surface area contributed by atoms with Gasteiger partial charge in [0.1, 0.15) is 11.5 Å². The minimum absolute atomic E-state index is 0.405. The smallest absolute Gasteiger partial charge is 0.414 e. The van der Waals surface area contributed by atoms with Crippen molar-refractivity contribution in [1.29, 1.82) is 0 Å². The van der Waals surface area contributed by atoms with Crippen molar-refractivity contribution in [3.63, 3.8) is 0 Å². The molecule has 0 unspecified atom stereocenters. The molecule has 0 heterocycles. The molecule has 1 radical (unpaired) electrons. The second-order valence-corrected chi connectivity index (χ2v) is 6.65. The van der Waals surface area contributed by atoms with Crippen molar-refractivity contribution in [3.05, 3.63) is 66.6 Å². The molecule has 0 N–H and O–H groups in total. The number of carbonyl (C=O) groups excluding carboxylic acids is 1. The molecule has 0 bridgehead atoms. The van der Waals surface area contributed by atoms with Crippen LogP contribution in [0.25, 0.3) is 6.08 Å². The average molecular weight is 370 g/mol. The quantitative estimate of drug-likeness (QED) is 0.477. The fraction of sp³-hybridized carbons (Fsp3) is 0.238. The van der Waals surface area contributed by atoms with Gasteiger partial charge in [0.2, 0.25) is 0 Å². The van der Waals surface area contributed by atoms with Gasteiger partial charge in [0.05, 0.1) is 6.61 Å². The van der Waals surface area contributed by atoms with Crippen molar-refractivity contribution < 1.29 is 14.3 Å². The maximum atomic E-state index is 11.6. The zero-order valence-corrected chi connectivity index (χ0v) is 16.2. The van der Waals surface area contributed by atoms with E-state index in [2.05, 4.69) is 19.3 Å². The van der Waals surface area contributed by atoms with Crippen LogP contribution >= 0.6 is 11.8 Å². The predicted molar refractivity (Wildman–Crippen MR) is 108 cm³/mol. The van der Waals surface area contributed by atoms with E-state index in [0.29, 0.717) is 12.4 Å². The Labute approximate surface area is 159 Å². The zero-order chi connectivity index (χ0) is 18.9. The maximum Gasteiger partial charge on any atom is 0.414 e. The number of amides is 1. The summed E-state index contributed by atoms with van der Waals surface area (Å²) in [5, 5.41) is 0. The number of benzene rings is 2. The van der Waals surface area contributed by atoms with E-state index in [0.717, 1.165) is 23.3 Å². The molecule has 26 heavy (non-hydrogen) atoms. The molecule has 0 aliphatic heterocycles. The van der Waals surface area contributed by atoms with Crippen LogP contribution in [-0.4, -0.2) is 38.0 Å². The Morgan fingerprint density at radius 1 is 1.12 bits per heavy atom. The first kappa shape index (κ1) is 19.9. The van der Waals surface area contributed by atoms with Crippen LogP contribution in [0.3, 0.4) is 0 Å². The SMILES string of the molecule is C=Cc1cc(OC(=O)N(C)C)ccc1[CH]CCOc1ccc(SC)cc1. The van der Waals surface area contributed by atoms with Crippen molar-refractivity contribution in [2.75, 3.05) is 27.0 Å². The molecule has 2 aromatic carbocycles. The Morgan fingerprint density at radius 3 is 2.42 bits per heavy atom. The summed E-state index contributed by atoms with van der Waals surface area (Å²) in [5.74, 6) is 1.37. The first-order chi connectivity index (χ1) is 12.5. The van der Waals surface area contributed by atoms with E-state index in [1.165, 1.54) is 9.80 Å². The van der Waals surface area contributed by atoms with Crippen molar-refractivity contribution in [3.8, 4) is 11.5 Å². The lowest BCUT2D eigenvalue weighted by Crippen LogP contribution is -2.25. The molecule has 137 valence electrons. The Bertz CT molecular complexity index is 741. The summed E-state index contributed by atoms with van der Waals surface area (Å²) in [7, 11) is 3.29. The molecule has 0 saturated carbocycles. The number of rotatable bonds is 8. The van der Waals surface area contributed by atoms with Crippen molar-refractivity contribution in [2.24, 2.45) is 0 Å². The van der Waals surface area contributed by atoms with E-state index >= 15 is 0 Å². The summed E-state index contributed by atoms with van der Waals surface area (Å²) in [6, 6.07) is 13.6. The summed E-state index contributed by atoms with van der Waals surface area (Å²) in [5.41, 5.74) is 1.95. The maximum absolute atomic E-state index is 11.6. The van der Waals surface area contributed by atoms with Gasteiger partial charge in [-0.1, -0.05) is 18.7 Å². The van der Waals surface area contributed by atoms with Gasteiger partial charge in [-0.05, 0) is 66.6 Å². The number of ether oxygens (including phenoxy) is 2. The predicted octanol–water partition coefficient (Wildman–Crippen LogP) is 5.13. The Hall–Kier alpha value is -2.40. The summed E-state index contributed by atoms with van der Waals surface area (Å²) in [4.78, 5) is 14.2. The minimum Gasteiger partial charge on any atom is -0.494 e. The normalized spacial score (nSPS) is 10.3. The molecule has 0 aromatic heterocycles. The summed E-state index contributed by atoms with van der Waals surface area (Å²) in [6.45, 7) is 4.42. The van der Waals surface area contributed by atoms with Gasteiger partial charge in [-0.3, -0.25) is 0 Å². The Kier molecular flexibility index (Phi) is 7.60. The van der Waals surface area contributed by atoms with Crippen LogP contribution in [0.1, 0.15) is 17.5 Å². The molecule has 0 fully saturated rings. The van der Waals surface area contributed by atoms with E-state index in [4.69, 9.17) is 9.47 Å². The third-order valence-corrected chi connectivity index (χ3v) is 4.40. The highest BCUT2D eigenvalue weighted by Crippen LogP contribution is 2.23. The third kappa shape index (κ3) is 5.85. The lowest BCUT2D eigenvalue weighted by Gasteiger charge is -2.13. The number of hydrogen-bond acceptors (Lipinski definition) is 4. The number of nitrogens with zero attached hydrogens (tertiary/aromatic N) is 1. The number of thioether (sulfide) groups is 1. The molecule has 0 atom stereocenters. The van der Waals surface area contributed by atoms with Crippen LogP contribution in [0.2, 0.25) is 0 Å². The van der Waals surface area contributed by atoms with E-state index in [9.17, 15) is 4.79 Å².